The summed E-state index contributed by atoms with van der Waals surface area (Å²) in [6.07, 6.45) is -5.22. The number of hydrogen-bond acceptors (Lipinski definition) is 3. The lowest BCUT2D eigenvalue weighted by Crippen LogP contribution is -2.24. The molecule has 2 atom stereocenters. The van der Waals surface area contributed by atoms with Crippen molar-refractivity contribution in [2.75, 3.05) is 0 Å². The Hall–Kier alpha value is -2.61. The highest BCUT2D eigenvalue weighted by atomic mass is 35.5. The summed E-state index contributed by atoms with van der Waals surface area (Å²) >= 11 is 6.18. The van der Waals surface area contributed by atoms with Crippen LogP contribution in [0, 0.1) is 5.92 Å². The number of rotatable bonds is 4. The molecule has 146 valence electrons. The second-order valence-corrected chi connectivity index (χ2v) is 6.98. The number of ether oxygens (including phenoxy) is 1. The van der Waals surface area contributed by atoms with Gasteiger partial charge >= 0.3 is 12.1 Å². The molecule has 0 unspecified atom stereocenters. The van der Waals surface area contributed by atoms with E-state index >= 15 is 0 Å². The third-order valence-electron chi connectivity index (χ3n) is 4.56. The van der Waals surface area contributed by atoms with Gasteiger partial charge in [-0.15, -0.1) is 13.2 Å². The van der Waals surface area contributed by atoms with Crippen LogP contribution in [0.15, 0.2) is 47.3 Å². The Kier molecular flexibility index (Phi) is 4.53. The predicted octanol–water partition coefficient (Wildman–Crippen LogP) is 4.84. The van der Waals surface area contributed by atoms with Crippen molar-refractivity contribution >= 4 is 22.5 Å². The Bertz CT molecular complexity index is 1110. The molecule has 4 nitrogen and oxygen atoms in total. The van der Waals surface area contributed by atoms with Crippen LogP contribution in [0.2, 0.25) is 5.02 Å². The molecule has 0 spiro atoms. The smallest absolute Gasteiger partial charge is 0.406 e. The van der Waals surface area contributed by atoms with Crippen LogP contribution in [0.5, 0.6) is 5.75 Å². The lowest BCUT2D eigenvalue weighted by molar-refractivity contribution is -0.274. The molecule has 0 radical (unpaired) electrons. The van der Waals surface area contributed by atoms with E-state index in [0.717, 1.165) is 16.7 Å². The van der Waals surface area contributed by atoms with Crippen LogP contribution >= 0.6 is 11.6 Å². The predicted molar refractivity (Wildman–Crippen MR) is 95.7 cm³/mol. The van der Waals surface area contributed by atoms with Crippen molar-refractivity contribution < 1.29 is 22.3 Å². The second-order valence-electron chi connectivity index (χ2n) is 6.57. The number of aromatic nitrogens is 2. The van der Waals surface area contributed by atoms with Crippen molar-refractivity contribution in [3.8, 4) is 11.4 Å². The maximum Gasteiger partial charge on any atom is 0.573 e. The highest BCUT2D eigenvalue weighted by molar-refractivity contribution is 6.32. The topological polar surface area (TPSA) is 44.1 Å². The van der Waals surface area contributed by atoms with Gasteiger partial charge in [0.15, 0.2) is 0 Å². The third kappa shape index (κ3) is 3.69. The van der Waals surface area contributed by atoms with Gasteiger partial charge in [-0.2, -0.15) is 4.98 Å². The summed E-state index contributed by atoms with van der Waals surface area (Å²) in [5.41, 5.74) is 0.0564. The van der Waals surface area contributed by atoms with Gasteiger partial charge in [-0.25, -0.2) is 9.18 Å². The maximum atomic E-state index is 13.3. The SMILES string of the molecule is O=c1nc(C[C@@H]2C[C@@H]2F)c2ccc(OC(F)(F)F)cc2n1-c1ccccc1Cl. The van der Waals surface area contributed by atoms with E-state index in [1.807, 2.05) is 0 Å². The van der Waals surface area contributed by atoms with Crippen LogP contribution in [-0.2, 0) is 6.42 Å². The minimum atomic E-state index is -4.88. The first kappa shape index (κ1) is 18.7. The van der Waals surface area contributed by atoms with Crippen molar-refractivity contribution in [1.29, 1.82) is 0 Å². The molecule has 0 aliphatic heterocycles. The van der Waals surface area contributed by atoms with Crippen LogP contribution < -0.4 is 10.4 Å². The molecule has 1 heterocycles. The fourth-order valence-corrected chi connectivity index (χ4v) is 3.38. The van der Waals surface area contributed by atoms with Gasteiger partial charge in [0, 0.05) is 11.5 Å². The first-order valence-corrected chi connectivity index (χ1v) is 8.81. The van der Waals surface area contributed by atoms with Gasteiger partial charge in [-0.05, 0) is 43.0 Å². The van der Waals surface area contributed by atoms with Gasteiger partial charge in [0.2, 0.25) is 0 Å². The maximum absolute atomic E-state index is 13.3. The molecule has 1 aromatic heterocycles. The number of para-hydroxylation sites is 1. The zero-order valence-electron chi connectivity index (χ0n) is 14.2. The summed E-state index contributed by atoms with van der Waals surface area (Å²) in [5.74, 6) is -0.718. The molecule has 0 bridgehead atoms. The van der Waals surface area contributed by atoms with E-state index in [9.17, 15) is 22.4 Å². The Morgan fingerprint density at radius 3 is 2.57 bits per heavy atom. The van der Waals surface area contributed by atoms with Gasteiger partial charge < -0.3 is 4.74 Å². The standard InChI is InChI=1S/C19H13ClF4N2O2/c20-13-3-1-2-4-16(13)26-17-9-11(28-19(22,23)24)5-6-12(17)15(25-18(26)27)8-10-7-14(10)21/h1-6,9-10,14H,7-8H2/t10-,14-/m0/s1. The van der Waals surface area contributed by atoms with Crippen LogP contribution in [0.3, 0.4) is 0 Å². The van der Waals surface area contributed by atoms with Crippen LogP contribution in [0.25, 0.3) is 16.6 Å². The number of alkyl halides is 4. The van der Waals surface area contributed by atoms with E-state index in [2.05, 4.69) is 9.72 Å². The number of hydrogen-bond donors (Lipinski definition) is 0. The van der Waals surface area contributed by atoms with E-state index in [-0.39, 0.29) is 28.6 Å². The summed E-state index contributed by atoms with van der Waals surface area (Å²) in [5, 5.41) is 0.668. The molecule has 3 aromatic rings. The summed E-state index contributed by atoms with van der Waals surface area (Å²) in [6, 6.07) is 10.0. The molecular formula is C19H13ClF4N2O2. The molecule has 0 amide bonds. The fourth-order valence-electron chi connectivity index (χ4n) is 3.16. The summed E-state index contributed by atoms with van der Waals surface area (Å²) in [6.45, 7) is 0. The zero-order valence-corrected chi connectivity index (χ0v) is 15.0. The highest BCUT2D eigenvalue weighted by Crippen LogP contribution is 2.38. The zero-order chi connectivity index (χ0) is 20.1. The molecule has 4 rings (SSSR count). The molecule has 0 saturated heterocycles. The normalized spacial score (nSPS) is 19.0. The molecule has 1 aliphatic rings. The van der Waals surface area contributed by atoms with Crippen molar-refractivity contribution in [2.45, 2.75) is 25.4 Å². The van der Waals surface area contributed by atoms with E-state index in [1.54, 1.807) is 24.3 Å². The minimum Gasteiger partial charge on any atom is -0.406 e. The van der Waals surface area contributed by atoms with Crippen molar-refractivity contribution in [1.82, 2.24) is 9.55 Å². The van der Waals surface area contributed by atoms with Gasteiger partial charge in [0.05, 0.1) is 21.9 Å². The van der Waals surface area contributed by atoms with Crippen molar-refractivity contribution in [3.05, 3.63) is 63.7 Å². The van der Waals surface area contributed by atoms with Crippen LogP contribution in [-0.4, -0.2) is 22.1 Å². The molecule has 2 aromatic carbocycles. The average molecular weight is 413 g/mol. The number of benzene rings is 2. The molecule has 0 N–H and O–H groups in total. The largest absolute Gasteiger partial charge is 0.573 e. The van der Waals surface area contributed by atoms with Crippen LogP contribution in [0.1, 0.15) is 12.1 Å². The van der Waals surface area contributed by atoms with Gasteiger partial charge in [0.1, 0.15) is 11.9 Å². The Labute approximate surface area is 161 Å². The Morgan fingerprint density at radius 1 is 1.21 bits per heavy atom. The van der Waals surface area contributed by atoms with Crippen molar-refractivity contribution in [3.63, 3.8) is 0 Å². The van der Waals surface area contributed by atoms with E-state index in [4.69, 9.17) is 11.6 Å². The first-order valence-electron chi connectivity index (χ1n) is 8.43. The quantitative estimate of drug-likeness (QED) is 0.576. The van der Waals surface area contributed by atoms with E-state index in [0.29, 0.717) is 17.5 Å². The lowest BCUT2D eigenvalue weighted by Gasteiger charge is -2.15. The van der Waals surface area contributed by atoms with Gasteiger partial charge in [-0.1, -0.05) is 23.7 Å². The molecule has 9 heteroatoms. The van der Waals surface area contributed by atoms with E-state index in [1.165, 1.54) is 6.07 Å². The molecular weight excluding hydrogens is 400 g/mol. The monoisotopic (exact) mass is 412 g/mol. The molecule has 1 fully saturated rings. The second kappa shape index (κ2) is 6.77. The number of fused-ring (bicyclic) bond motifs is 1. The van der Waals surface area contributed by atoms with Gasteiger partial charge in [-0.3, -0.25) is 4.57 Å². The minimum absolute atomic E-state index is 0.154. The highest BCUT2D eigenvalue weighted by Gasteiger charge is 2.38. The number of nitrogens with zero attached hydrogens (tertiary/aromatic N) is 2. The number of halogens is 5. The van der Waals surface area contributed by atoms with Gasteiger partial charge in [0.25, 0.3) is 0 Å². The summed E-state index contributed by atoms with van der Waals surface area (Å²) in [7, 11) is 0. The molecule has 1 aliphatic carbocycles. The van der Waals surface area contributed by atoms with E-state index < -0.39 is 24.0 Å². The first-order chi connectivity index (χ1) is 13.2. The van der Waals surface area contributed by atoms with Crippen molar-refractivity contribution in [2.24, 2.45) is 5.92 Å². The molecule has 28 heavy (non-hydrogen) atoms. The molecule has 1 saturated carbocycles. The summed E-state index contributed by atoms with van der Waals surface area (Å²) < 4.78 is 56.4. The third-order valence-corrected chi connectivity index (χ3v) is 4.88. The van der Waals surface area contributed by atoms with Crippen LogP contribution in [0.4, 0.5) is 17.6 Å². The average Bonchev–Trinajstić information content (AvgIpc) is 3.29. The Balaban J connectivity index is 1.95. The Morgan fingerprint density at radius 2 is 1.93 bits per heavy atom. The fraction of sp³-hybridized carbons (Fsp3) is 0.263. The lowest BCUT2D eigenvalue weighted by atomic mass is 10.1. The summed E-state index contributed by atoms with van der Waals surface area (Å²) in [4.78, 5) is 16.8.